The van der Waals surface area contributed by atoms with Crippen molar-refractivity contribution < 1.29 is 4.74 Å². The third-order valence-corrected chi connectivity index (χ3v) is 4.57. The van der Waals surface area contributed by atoms with E-state index in [-0.39, 0.29) is 0 Å². The number of benzene rings is 2. The Morgan fingerprint density at radius 2 is 1.75 bits per heavy atom. The molecule has 1 unspecified atom stereocenters. The van der Waals surface area contributed by atoms with Crippen molar-refractivity contribution in [3.05, 3.63) is 64.7 Å². The topological polar surface area (TPSA) is 9.23 Å². The van der Waals surface area contributed by atoms with E-state index in [1.807, 2.05) is 12.1 Å². The zero-order valence-corrected chi connectivity index (χ0v) is 13.9. The van der Waals surface area contributed by atoms with E-state index in [1.54, 1.807) is 7.11 Å². The van der Waals surface area contributed by atoms with Gasteiger partial charge in [-0.05, 0) is 55.5 Å². The Balaban J connectivity index is 2.00. The molecule has 0 fully saturated rings. The van der Waals surface area contributed by atoms with Gasteiger partial charge in [0, 0.05) is 4.83 Å². The maximum Gasteiger partial charge on any atom is 0.118 e. The summed E-state index contributed by atoms with van der Waals surface area (Å²) in [5.74, 6) is 0.915. The average Bonchev–Trinajstić information content (AvgIpc) is 2.47. The number of hydrogen-bond acceptors (Lipinski definition) is 1. The van der Waals surface area contributed by atoms with Crippen molar-refractivity contribution in [2.45, 2.75) is 31.5 Å². The van der Waals surface area contributed by atoms with E-state index in [1.165, 1.54) is 22.3 Å². The number of methoxy groups -OCH3 is 1. The highest BCUT2D eigenvalue weighted by Gasteiger charge is 2.10. The summed E-state index contributed by atoms with van der Waals surface area (Å²) in [5, 5.41) is 0. The smallest absolute Gasteiger partial charge is 0.118 e. The highest BCUT2D eigenvalue weighted by atomic mass is 79.9. The first-order valence-corrected chi connectivity index (χ1v) is 7.86. The van der Waals surface area contributed by atoms with E-state index in [4.69, 9.17) is 4.74 Å². The van der Waals surface area contributed by atoms with Gasteiger partial charge in [-0.2, -0.15) is 0 Å². The van der Waals surface area contributed by atoms with E-state index in [9.17, 15) is 0 Å². The Morgan fingerprint density at radius 3 is 2.40 bits per heavy atom. The number of rotatable bonds is 5. The third kappa shape index (κ3) is 3.86. The van der Waals surface area contributed by atoms with Crippen LogP contribution < -0.4 is 4.74 Å². The van der Waals surface area contributed by atoms with Crippen LogP contribution in [0.15, 0.2) is 42.5 Å². The zero-order chi connectivity index (χ0) is 14.5. The molecule has 0 saturated carbocycles. The molecule has 1 nitrogen and oxygen atoms in total. The number of hydrogen-bond donors (Lipinski definition) is 0. The first-order chi connectivity index (χ1) is 9.60. The summed E-state index contributed by atoms with van der Waals surface area (Å²) in [4.78, 5) is 0.407. The molecule has 0 amide bonds. The molecule has 2 aromatic carbocycles. The Bertz CT molecular complexity index is 560. The molecule has 1 atom stereocenters. The van der Waals surface area contributed by atoms with Gasteiger partial charge in [0.1, 0.15) is 5.75 Å². The van der Waals surface area contributed by atoms with E-state index < -0.39 is 0 Å². The number of aryl methyl sites for hydroxylation is 3. The molecule has 0 aromatic heterocycles. The summed E-state index contributed by atoms with van der Waals surface area (Å²) in [6.07, 6.45) is 2.16. The van der Waals surface area contributed by atoms with Crippen molar-refractivity contribution in [2.75, 3.05) is 7.11 Å². The molecule has 0 heterocycles. The van der Waals surface area contributed by atoms with Gasteiger partial charge >= 0.3 is 0 Å². The van der Waals surface area contributed by atoms with Crippen LogP contribution in [-0.4, -0.2) is 7.11 Å². The van der Waals surface area contributed by atoms with Crippen LogP contribution in [0.5, 0.6) is 5.75 Å². The monoisotopic (exact) mass is 332 g/mol. The Morgan fingerprint density at radius 1 is 1.05 bits per heavy atom. The molecule has 20 heavy (non-hydrogen) atoms. The SMILES string of the molecule is COc1ccc(CCC(Br)c2cc(C)ccc2C)cc1. The summed E-state index contributed by atoms with van der Waals surface area (Å²) >= 11 is 3.83. The largest absolute Gasteiger partial charge is 0.497 e. The molecule has 2 rings (SSSR count). The quantitative estimate of drug-likeness (QED) is 0.668. The molecule has 0 aliphatic carbocycles. The second kappa shape index (κ2) is 6.94. The lowest BCUT2D eigenvalue weighted by atomic mass is 9.98. The minimum atomic E-state index is 0.407. The predicted octanol–water partition coefficient (Wildman–Crippen LogP) is 5.38. The molecule has 0 aliphatic rings. The van der Waals surface area contributed by atoms with E-state index >= 15 is 0 Å². The van der Waals surface area contributed by atoms with Gasteiger partial charge < -0.3 is 4.74 Å². The number of ether oxygens (including phenoxy) is 1. The minimum Gasteiger partial charge on any atom is -0.497 e. The second-order valence-corrected chi connectivity index (χ2v) is 6.32. The lowest BCUT2D eigenvalue weighted by Crippen LogP contribution is -1.97. The van der Waals surface area contributed by atoms with Crippen molar-refractivity contribution in [1.29, 1.82) is 0 Å². The molecule has 2 heteroatoms. The van der Waals surface area contributed by atoms with Gasteiger partial charge in [0.15, 0.2) is 0 Å². The molecular formula is C18H21BrO. The van der Waals surface area contributed by atoms with Crippen molar-refractivity contribution >= 4 is 15.9 Å². The summed E-state index contributed by atoms with van der Waals surface area (Å²) in [6.45, 7) is 4.32. The van der Waals surface area contributed by atoms with Crippen LogP contribution in [-0.2, 0) is 6.42 Å². The first kappa shape index (κ1) is 15.1. The first-order valence-electron chi connectivity index (χ1n) is 6.94. The van der Waals surface area contributed by atoms with Crippen LogP contribution in [0.3, 0.4) is 0 Å². The lowest BCUT2D eigenvalue weighted by Gasteiger charge is -2.14. The third-order valence-electron chi connectivity index (χ3n) is 3.62. The molecule has 0 spiro atoms. The predicted molar refractivity (Wildman–Crippen MR) is 88.9 cm³/mol. The summed E-state index contributed by atoms with van der Waals surface area (Å²) in [7, 11) is 1.70. The fraction of sp³-hybridized carbons (Fsp3) is 0.333. The highest BCUT2D eigenvalue weighted by molar-refractivity contribution is 9.09. The van der Waals surface area contributed by atoms with Gasteiger partial charge in [-0.3, -0.25) is 0 Å². The van der Waals surface area contributed by atoms with Crippen LogP contribution in [0.2, 0.25) is 0 Å². The molecular weight excluding hydrogens is 312 g/mol. The molecule has 0 aliphatic heterocycles. The second-order valence-electron chi connectivity index (χ2n) is 5.21. The number of alkyl halides is 1. The fourth-order valence-corrected chi connectivity index (χ4v) is 3.06. The normalized spacial score (nSPS) is 12.2. The lowest BCUT2D eigenvalue weighted by molar-refractivity contribution is 0.414. The molecule has 0 N–H and O–H groups in total. The van der Waals surface area contributed by atoms with Crippen LogP contribution in [0.4, 0.5) is 0 Å². The van der Waals surface area contributed by atoms with Gasteiger partial charge in [-0.15, -0.1) is 0 Å². The maximum atomic E-state index is 5.18. The van der Waals surface area contributed by atoms with Crippen molar-refractivity contribution in [3.63, 3.8) is 0 Å². The summed E-state index contributed by atoms with van der Waals surface area (Å²) in [6, 6.07) is 15.0. The minimum absolute atomic E-state index is 0.407. The van der Waals surface area contributed by atoms with Crippen molar-refractivity contribution in [1.82, 2.24) is 0 Å². The van der Waals surface area contributed by atoms with Crippen LogP contribution in [0.25, 0.3) is 0 Å². The van der Waals surface area contributed by atoms with Gasteiger partial charge in [0.25, 0.3) is 0 Å². The Labute approximate surface area is 130 Å². The van der Waals surface area contributed by atoms with Crippen LogP contribution >= 0.6 is 15.9 Å². The Hall–Kier alpha value is -1.28. The maximum absolute atomic E-state index is 5.18. The number of halogens is 1. The highest BCUT2D eigenvalue weighted by Crippen LogP contribution is 2.31. The summed E-state index contributed by atoms with van der Waals surface area (Å²) < 4.78 is 5.18. The molecule has 0 radical (unpaired) electrons. The molecule has 2 aromatic rings. The van der Waals surface area contributed by atoms with E-state index in [2.05, 4.69) is 60.1 Å². The zero-order valence-electron chi connectivity index (χ0n) is 12.3. The van der Waals surface area contributed by atoms with Crippen LogP contribution in [0.1, 0.15) is 33.5 Å². The van der Waals surface area contributed by atoms with Crippen molar-refractivity contribution in [2.24, 2.45) is 0 Å². The van der Waals surface area contributed by atoms with Gasteiger partial charge in [-0.1, -0.05) is 51.8 Å². The standard InChI is InChI=1S/C18H21BrO/c1-13-4-5-14(2)17(12-13)18(19)11-8-15-6-9-16(20-3)10-7-15/h4-7,9-10,12,18H,8,11H2,1-3H3. The average molecular weight is 333 g/mol. The van der Waals surface area contributed by atoms with Gasteiger partial charge in [-0.25, -0.2) is 0 Å². The van der Waals surface area contributed by atoms with Gasteiger partial charge in [0.05, 0.1) is 7.11 Å². The fourth-order valence-electron chi connectivity index (χ4n) is 2.34. The van der Waals surface area contributed by atoms with E-state index in [0.29, 0.717) is 4.83 Å². The van der Waals surface area contributed by atoms with Crippen molar-refractivity contribution in [3.8, 4) is 5.75 Å². The van der Waals surface area contributed by atoms with Gasteiger partial charge in [0.2, 0.25) is 0 Å². The van der Waals surface area contributed by atoms with Crippen LogP contribution in [0, 0.1) is 13.8 Å². The Kier molecular flexibility index (Phi) is 5.24. The molecule has 0 saturated heterocycles. The van der Waals surface area contributed by atoms with E-state index in [0.717, 1.165) is 18.6 Å². The summed E-state index contributed by atoms with van der Waals surface area (Å²) in [5.41, 5.74) is 5.42. The molecule has 0 bridgehead atoms. The molecule has 106 valence electrons.